The molecule has 0 amide bonds. The van der Waals surface area contributed by atoms with Crippen LogP contribution in [0.3, 0.4) is 0 Å². The fraction of sp³-hybridized carbons (Fsp3) is 0.900. The molecule has 5 heteroatoms. The minimum Gasteiger partial charge on any atom is -0.481 e. The van der Waals surface area contributed by atoms with Gasteiger partial charge in [0.2, 0.25) is 0 Å². The Hall–Kier alpha value is 0.576. The number of hydrogen-bond donors (Lipinski definition) is 2. The van der Waals surface area contributed by atoms with Gasteiger partial charge in [-0.1, -0.05) is 90.9 Å². The molecule has 0 fully saturated rings. The standard InChI is InChI=1S/2C10H20O2.K/c2*1-2-3-4-5-6-7-8-9-10(11)12;/h2*2-9H2,1H3,(H,11,12);. The van der Waals surface area contributed by atoms with Gasteiger partial charge in [0.1, 0.15) is 0 Å². The van der Waals surface area contributed by atoms with Crippen LogP contribution < -0.4 is 0 Å². The molecule has 0 aliphatic rings. The van der Waals surface area contributed by atoms with Crippen molar-refractivity contribution in [2.45, 2.75) is 117 Å². The first-order valence-electron chi connectivity index (χ1n) is 9.98. The monoisotopic (exact) mass is 383 g/mol. The third-order valence-electron chi connectivity index (χ3n) is 3.99. The molecule has 0 unspecified atom stereocenters. The van der Waals surface area contributed by atoms with Gasteiger partial charge >= 0.3 is 11.9 Å². The van der Waals surface area contributed by atoms with Gasteiger partial charge in [-0.2, -0.15) is 0 Å². The van der Waals surface area contributed by atoms with Crippen molar-refractivity contribution < 1.29 is 19.8 Å². The van der Waals surface area contributed by atoms with Crippen LogP contribution >= 0.6 is 0 Å². The summed E-state index contributed by atoms with van der Waals surface area (Å²) in [6.45, 7) is 4.40. The number of unbranched alkanes of at least 4 members (excludes halogenated alkanes) is 12. The van der Waals surface area contributed by atoms with Crippen LogP contribution in [-0.4, -0.2) is 73.5 Å². The molecule has 0 heterocycles. The summed E-state index contributed by atoms with van der Waals surface area (Å²) in [7, 11) is 0. The Balaban J connectivity index is -0.000000372. The minimum absolute atomic E-state index is 0. The van der Waals surface area contributed by atoms with E-state index in [2.05, 4.69) is 13.8 Å². The Morgan fingerprint density at radius 3 is 1.00 bits per heavy atom. The molecular weight excluding hydrogens is 343 g/mol. The zero-order valence-electron chi connectivity index (χ0n) is 17.0. The summed E-state index contributed by atoms with van der Waals surface area (Å²) >= 11 is 0. The molecule has 0 atom stereocenters. The van der Waals surface area contributed by atoms with Gasteiger partial charge < -0.3 is 10.2 Å². The van der Waals surface area contributed by atoms with Crippen molar-refractivity contribution in [1.82, 2.24) is 0 Å². The van der Waals surface area contributed by atoms with E-state index < -0.39 is 11.9 Å². The Morgan fingerprint density at radius 2 is 0.760 bits per heavy atom. The van der Waals surface area contributed by atoms with Gasteiger partial charge in [-0.25, -0.2) is 0 Å². The van der Waals surface area contributed by atoms with Gasteiger partial charge in [-0.3, -0.25) is 9.59 Å². The maximum Gasteiger partial charge on any atom is 0.303 e. The Morgan fingerprint density at radius 1 is 0.520 bits per heavy atom. The smallest absolute Gasteiger partial charge is 0.303 e. The van der Waals surface area contributed by atoms with Crippen LogP contribution in [0.4, 0.5) is 0 Å². The fourth-order valence-corrected chi connectivity index (χ4v) is 2.47. The summed E-state index contributed by atoms with van der Waals surface area (Å²) in [6, 6.07) is 0. The van der Waals surface area contributed by atoms with Crippen molar-refractivity contribution in [2.75, 3.05) is 0 Å². The Labute approximate surface area is 198 Å². The largest absolute Gasteiger partial charge is 0.481 e. The second-order valence-corrected chi connectivity index (χ2v) is 6.53. The van der Waals surface area contributed by atoms with Crippen LogP contribution in [0.1, 0.15) is 117 Å². The number of carboxylic acids is 2. The zero-order valence-corrected chi connectivity index (χ0v) is 20.1. The molecule has 0 aromatic heterocycles. The molecule has 0 spiro atoms. The first-order chi connectivity index (χ1) is 11.5. The molecule has 4 nitrogen and oxygen atoms in total. The second-order valence-electron chi connectivity index (χ2n) is 6.53. The Bertz CT molecular complexity index is 255. The van der Waals surface area contributed by atoms with Crippen molar-refractivity contribution in [3.8, 4) is 0 Å². The second kappa shape index (κ2) is 26.8. The van der Waals surface area contributed by atoms with Crippen LogP contribution in [0.2, 0.25) is 0 Å². The SMILES string of the molecule is CCCCCCCCCC(=O)O.CCCCCCCCCC(=O)O.[K]. The molecule has 0 saturated heterocycles. The van der Waals surface area contributed by atoms with E-state index in [0.29, 0.717) is 12.8 Å². The Kier molecular flexibility index (Phi) is 32.5. The predicted molar refractivity (Wildman–Crippen MR) is 106 cm³/mol. The molecule has 2 N–H and O–H groups in total. The summed E-state index contributed by atoms with van der Waals surface area (Å²) in [5, 5.41) is 16.7. The molecule has 0 aliphatic carbocycles. The molecule has 25 heavy (non-hydrogen) atoms. The molecule has 0 aliphatic heterocycles. The van der Waals surface area contributed by atoms with Crippen molar-refractivity contribution in [3.63, 3.8) is 0 Å². The summed E-state index contributed by atoms with van der Waals surface area (Å²) in [6.07, 6.45) is 17.3. The van der Waals surface area contributed by atoms with E-state index in [9.17, 15) is 9.59 Å². The van der Waals surface area contributed by atoms with E-state index in [0.717, 1.165) is 25.7 Å². The number of hydrogen-bond acceptors (Lipinski definition) is 2. The zero-order chi connectivity index (χ0) is 18.5. The van der Waals surface area contributed by atoms with E-state index >= 15 is 0 Å². The normalized spacial score (nSPS) is 9.68. The molecule has 1 radical (unpaired) electrons. The van der Waals surface area contributed by atoms with E-state index in [1.54, 1.807) is 0 Å². The summed E-state index contributed by atoms with van der Waals surface area (Å²) in [5.41, 5.74) is 0. The first-order valence-corrected chi connectivity index (χ1v) is 9.98. The maximum atomic E-state index is 10.1. The molecule has 0 aromatic carbocycles. The van der Waals surface area contributed by atoms with Crippen molar-refractivity contribution >= 4 is 63.3 Å². The van der Waals surface area contributed by atoms with E-state index in [1.807, 2.05) is 0 Å². The van der Waals surface area contributed by atoms with Gasteiger partial charge in [0.05, 0.1) is 0 Å². The van der Waals surface area contributed by atoms with Gasteiger partial charge in [-0.05, 0) is 12.8 Å². The summed E-state index contributed by atoms with van der Waals surface area (Å²) in [5.74, 6) is -1.33. The van der Waals surface area contributed by atoms with E-state index in [1.165, 1.54) is 64.2 Å². The molecule has 0 aromatic rings. The van der Waals surface area contributed by atoms with Crippen LogP contribution in [0.25, 0.3) is 0 Å². The third kappa shape index (κ3) is 36.3. The first kappa shape index (κ1) is 30.3. The molecule has 0 rings (SSSR count). The number of carbonyl (C=O) groups is 2. The molecule has 0 bridgehead atoms. The molecule has 0 saturated carbocycles. The van der Waals surface area contributed by atoms with Crippen LogP contribution in [0, 0.1) is 0 Å². The van der Waals surface area contributed by atoms with E-state index in [4.69, 9.17) is 10.2 Å². The number of aliphatic carboxylic acids is 2. The van der Waals surface area contributed by atoms with Gasteiger partial charge in [0.15, 0.2) is 0 Å². The summed E-state index contributed by atoms with van der Waals surface area (Å²) in [4.78, 5) is 20.3. The average Bonchev–Trinajstić information content (AvgIpc) is 2.53. The molecule has 145 valence electrons. The van der Waals surface area contributed by atoms with Crippen molar-refractivity contribution in [3.05, 3.63) is 0 Å². The van der Waals surface area contributed by atoms with Gasteiger partial charge in [-0.15, -0.1) is 0 Å². The van der Waals surface area contributed by atoms with Gasteiger partial charge in [0.25, 0.3) is 0 Å². The minimum atomic E-state index is -0.663. The molecular formula is C20H40KO4. The van der Waals surface area contributed by atoms with Crippen LogP contribution in [-0.2, 0) is 9.59 Å². The topological polar surface area (TPSA) is 74.6 Å². The quantitative estimate of drug-likeness (QED) is 0.251. The third-order valence-corrected chi connectivity index (χ3v) is 3.99. The van der Waals surface area contributed by atoms with Crippen molar-refractivity contribution in [1.29, 1.82) is 0 Å². The number of carboxylic acid groups (broad SMARTS) is 2. The van der Waals surface area contributed by atoms with E-state index in [-0.39, 0.29) is 51.4 Å². The summed E-state index contributed by atoms with van der Waals surface area (Å²) < 4.78 is 0. The van der Waals surface area contributed by atoms with Crippen LogP contribution in [0.5, 0.6) is 0 Å². The van der Waals surface area contributed by atoms with Crippen LogP contribution in [0.15, 0.2) is 0 Å². The maximum absolute atomic E-state index is 10.1. The fourth-order valence-electron chi connectivity index (χ4n) is 2.47. The van der Waals surface area contributed by atoms with Gasteiger partial charge in [0, 0.05) is 64.2 Å². The van der Waals surface area contributed by atoms with Crippen molar-refractivity contribution in [2.24, 2.45) is 0 Å². The predicted octanol–water partition coefficient (Wildman–Crippen LogP) is 6.04. The number of rotatable bonds is 16. The average molecular weight is 384 g/mol.